The van der Waals surface area contributed by atoms with Gasteiger partial charge in [-0.25, -0.2) is 0 Å². The van der Waals surface area contributed by atoms with E-state index in [9.17, 15) is 5.11 Å². The van der Waals surface area contributed by atoms with Crippen molar-refractivity contribution < 1.29 is 24.0 Å². The molecule has 1 atom stereocenters. The molecule has 0 radical (unpaired) electrons. The van der Waals surface area contributed by atoms with Crippen molar-refractivity contribution in [2.45, 2.75) is 6.42 Å². The van der Waals surface area contributed by atoms with Crippen LogP contribution in [0.3, 0.4) is 0 Å². The fraction of sp³-hybridized carbons (Fsp3) is 0.250. The SMILES string of the molecule is C=C[C@H]1C=C([O-])C=CC1.[Li+]. The summed E-state index contributed by atoms with van der Waals surface area (Å²) in [6, 6.07) is 0. The normalized spacial score (nSPS) is 22.8. The minimum atomic E-state index is 0. The number of rotatable bonds is 1. The Morgan fingerprint density at radius 3 is 2.80 bits per heavy atom. The van der Waals surface area contributed by atoms with Gasteiger partial charge in [-0.05, 0) is 12.3 Å². The molecule has 0 unspecified atom stereocenters. The Morgan fingerprint density at radius 2 is 2.40 bits per heavy atom. The van der Waals surface area contributed by atoms with E-state index in [1.165, 1.54) is 0 Å². The molecule has 0 spiro atoms. The average Bonchev–Trinajstić information content (AvgIpc) is 1.88. The molecule has 0 fully saturated rings. The molecule has 1 rings (SSSR count). The van der Waals surface area contributed by atoms with Crippen LogP contribution in [0.4, 0.5) is 0 Å². The van der Waals surface area contributed by atoms with Gasteiger partial charge in [0.2, 0.25) is 0 Å². The largest absolute Gasteiger partial charge is 1.00 e. The predicted octanol–water partition coefficient (Wildman–Crippen LogP) is -2.00. The Morgan fingerprint density at radius 1 is 1.70 bits per heavy atom. The average molecular weight is 128 g/mol. The van der Waals surface area contributed by atoms with Crippen LogP contribution in [0.15, 0.2) is 36.6 Å². The molecule has 2 heteroatoms. The zero-order chi connectivity index (χ0) is 6.69. The summed E-state index contributed by atoms with van der Waals surface area (Å²) < 4.78 is 0. The van der Waals surface area contributed by atoms with Crippen LogP contribution < -0.4 is 24.0 Å². The molecule has 0 aromatic rings. The van der Waals surface area contributed by atoms with Crippen LogP contribution in [0.5, 0.6) is 0 Å². The Balaban J connectivity index is 0.000000810. The number of allylic oxidation sites excluding steroid dienone is 4. The van der Waals surface area contributed by atoms with Crippen LogP contribution in [0.25, 0.3) is 0 Å². The smallest absolute Gasteiger partial charge is 0.873 e. The van der Waals surface area contributed by atoms with E-state index in [-0.39, 0.29) is 30.5 Å². The molecular formula is C8H9LiO. The summed E-state index contributed by atoms with van der Waals surface area (Å²) in [6.45, 7) is 3.60. The molecular weight excluding hydrogens is 119 g/mol. The van der Waals surface area contributed by atoms with Gasteiger partial charge in [-0.1, -0.05) is 24.3 Å². The first-order chi connectivity index (χ1) is 4.33. The van der Waals surface area contributed by atoms with Gasteiger partial charge >= 0.3 is 18.9 Å². The van der Waals surface area contributed by atoms with Gasteiger partial charge in [0.25, 0.3) is 0 Å². The third-order valence-electron chi connectivity index (χ3n) is 1.37. The summed E-state index contributed by atoms with van der Waals surface area (Å²) >= 11 is 0. The van der Waals surface area contributed by atoms with E-state index in [1.807, 2.05) is 6.08 Å². The molecule has 10 heavy (non-hydrogen) atoms. The maximum Gasteiger partial charge on any atom is 1.00 e. The Kier molecular flexibility index (Phi) is 4.27. The quantitative estimate of drug-likeness (QED) is 0.296. The molecule has 0 bridgehead atoms. The molecule has 0 aromatic carbocycles. The molecule has 48 valence electrons. The van der Waals surface area contributed by atoms with E-state index < -0.39 is 0 Å². The van der Waals surface area contributed by atoms with Crippen molar-refractivity contribution in [1.82, 2.24) is 0 Å². The zero-order valence-corrected chi connectivity index (χ0v) is 6.21. The van der Waals surface area contributed by atoms with E-state index in [0.29, 0.717) is 0 Å². The van der Waals surface area contributed by atoms with Gasteiger partial charge in [-0.3, -0.25) is 0 Å². The second kappa shape index (κ2) is 4.44. The molecule has 0 aliphatic heterocycles. The Bertz CT molecular complexity index is 170. The summed E-state index contributed by atoms with van der Waals surface area (Å²) in [5.41, 5.74) is 0. The predicted molar refractivity (Wildman–Crippen MR) is 35.5 cm³/mol. The summed E-state index contributed by atoms with van der Waals surface area (Å²) in [5, 5.41) is 10.6. The van der Waals surface area contributed by atoms with Crippen molar-refractivity contribution in [2.24, 2.45) is 5.92 Å². The molecule has 1 aliphatic carbocycles. The molecule has 0 saturated heterocycles. The molecule has 1 aliphatic rings. The van der Waals surface area contributed by atoms with Crippen LogP contribution in [-0.4, -0.2) is 0 Å². The third-order valence-corrected chi connectivity index (χ3v) is 1.37. The van der Waals surface area contributed by atoms with Crippen molar-refractivity contribution in [1.29, 1.82) is 0 Å². The molecule has 0 amide bonds. The minimum absolute atomic E-state index is 0. The van der Waals surface area contributed by atoms with Gasteiger partial charge in [-0.15, -0.1) is 12.3 Å². The first kappa shape index (κ1) is 9.62. The van der Waals surface area contributed by atoms with Crippen LogP contribution in [-0.2, 0) is 0 Å². The summed E-state index contributed by atoms with van der Waals surface area (Å²) in [5.74, 6) is 0.369. The van der Waals surface area contributed by atoms with Crippen molar-refractivity contribution >= 4 is 0 Å². The monoisotopic (exact) mass is 128 g/mol. The minimum Gasteiger partial charge on any atom is -0.873 e. The second-order valence-corrected chi connectivity index (χ2v) is 2.11. The van der Waals surface area contributed by atoms with E-state index >= 15 is 0 Å². The number of hydrogen-bond donors (Lipinski definition) is 0. The van der Waals surface area contributed by atoms with Crippen LogP contribution in [0.2, 0.25) is 0 Å². The first-order valence-corrected chi connectivity index (χ1v) is 3.01. The maximum atomic E-state index is 10.6. The Hall–Kier alpha value is -0.383. The van der Waals surface area contributed by atoms with Crippen molar-refractivity contribution in [3.05, 3.63) is 36.6 Å². The fourth-order valence-corrected chi connectivity index (χ4v) is 0.840. The molecule has 0 N–H and O–H groups in total. The fourth-order valence-electron chi connectivity index (χ4n) is 0.840. The number of hydrogen-bond acceptors (Lipinski definition) is 1. The van der Waals surface area contributed by atoms with E-state index in [0.717, 1.165) is 6.42 Å². The zero-order valence-electron chi connectivity index (χ0n) is 6.21. The summed E-state index contributed by atoms with van der Waals surface area (Å²) in [6.07, 6.45) is 7.89. The van der Waals surface area contributed by atoms with Gasteiger partial charge < -0.3 is 5.11 Å². The molecule has 0 saturated carbocycles. The van der Waals surface area contributed by atoms with Gasteiger partial charge in [0, 0.05) is 0 Å². The van der Waals surface area contributed by atoms with Crippen molar-refractivity contribution in [2.75, 3.05) is 0 Å². The molecule has 0 heterocycles. The van der Waals surface area contributed by atoms with Crippen molar-refractivity contribution in [3.63, 3.8) is 0 Å². The van der Waals surface area contributed by atoms with E-state index in [4.69, 9.17) is 0 Å². The van der Waals surface area contributed by atoms with E-state index in [2.05, 4.69) is 6.58 Å². The summed E-state index contributed by atoms with van der Waals surface area (Å²) in [4.78, 5) is 0. The van der Waals surface area contributed by atoms with Crippen LogP contribution in [0.1, 0.15) is 6.42 Å². The van der Waals surface area contributed by atoms with Crippen molar-refractivity contribution in [3.8, 4) is 0 Å². The van der Waals surface area contributed by atoms with Crippen LogP contribution in [0, 0.1) is 5.92 Å². The van der Waals surface area contributed by atoms with Gasteiger partial charge in [0.05, 0.1) is 0 Å². The molecule has 0 aromatic heterocycles. The molecule has 1 nitrogen and oxygen atoms in total. The van der Waals surface area contributed by atoms with Gasteiger partial charge in [0.15, 0.2) is 0 Å². The van der Waals surface area contributed by atoms with Gasteiger partial charge in [-0.2, -0.15) is 0 Å². The first-order valence-electron chi connectivity index (χ1n) is 3.01. The third kappa shape index (κ3) is 2.47. The summed E-state index contributed by atoms with van der Waals surface area (Å²) in [7, 11) is 0. The Labute approximate surface area is 73.3 Å². The topological polar surface area (TPSA) is 23.1 Å². The van der Waals surface area contributed by atoms with Crippen LogP contribution >= 0.6 is 0 Å². The van der Waals surface area contributed by atoms with E-state index in [1.54, 1.807) is 18.2 Å². The standard InChI is InChI=1S/C8H10O.Li/c1-2-7-4-3-5-8(9)6-7;/h2-3,5-7,9H,1,4H2;/q;+1/p-1/t7-;/m1./s1. The maximum absolute atomic E-state index is 10.6. The van der Waals surface area contributed by atoms with Gasteiger partial charge in [0.1, 0.15) is 0 Å². The second-order valence-electron chi connectivity index (χ2n) is 2.11.